The summed E-state index contributed by atoms with van der Waals surface area (Å²) in [5.74, 6) is 1.49. The van der Waals surface area contributed by atoms with Crippen LogP contribution < -0.4 is 10.6 Å². The number of pyridine rings is 1. The summed E-state index contributed by atoms with van der Waals surface area (Å²) < 4.78 is 0. The molecule has 0 radical (unpaired) electrons. The van der Waals surface area contributed by atoms with Crippen LogP contribution in [-0.2, 0) is 0 Å². The molecule has 0 aliphatic heterocycles. The minimum atomic E-state index is 0.367. The van der Waals surface area contributed by atoms with Crippen LogP contribution in [0.5, 0.6) is 0 Å². The van der Waals surface area contributed by atoms with E-state index in [1.54, 1.807) is 12.4 Å². The summed E-state index contributed by atoms with van der Waals surface area (Å²) >= 11 is 0. The fourth-order valence-electron chi connectivity index (χ4n) is 3.59. The van der Waals surface area contributed by atoms with Gasteiger partial charge in [0, 0.05) is 35.7 Å². The third-order valence-corrected chi connectivity index (χ3v) is 5.67. The Kier molecular flexibility index (Phi) is 5.11. The lowest BCUT2D eigenvalue weighted by Gasteiger charge is -2.14. The number of benzene rings is 2. The first-order valence-electron chi connectivity index (χ1n) is 10.5. The normalized spacial score (nSPS) is 14.6. The number of nitrogens with zero attached hydrogens (tertiary/aromatic N) is 3. The predicted molar refractivity (Wildman–Crippen MR) is 122 cm³/mol. The van der Waals surface area contributed by atoms with Crippen molar-refractivity contribution in [3.8, 4) is 11.1 Å². The largest absolute Gasteiger partial charge is 0.324 e. The van der Waals surface area contributed by atoms with Gasteiger partial charge in [0.25, 0.3) is 0 Å². The highest BCUT2D eigenvalue weighted by Gasteiger charge is 2.21. The second-order valence-corrected chi connectivity index (χ2v) is 8.02. The van der Waals surface area contributed by atoms with Crippen LogP contribution in [0.25, 0.3) is 22.0 Å². The van der Waals surface area contributed by atoms with Gasteiger partial charge in [0.2, 0.25) is 5.95 Å². The van der Waals surface area contributed by atoms with Crippen molar-refractivity contribution in [2.45, 2.75) is 25.8 Å². The third kappa shape index (κ3) is 4.31. The van der Waals surface area contributed by atoms with E-state index >= 15 is 0 Å². The Balaban J connectivity index is 1.29. The van der Waals surface area contributed by atoms with Gasteiger partial charge in [0.15, 0.2) is 0 Å². The lowest BCUT2D eigenvalue weighted by Crippen LogP contribution is -2.20. The topological polar surface area (TPSA) is 62.7 Å². The molecule has 0 bridgehead atoms. The molecule has 30 heavy (non-hydrogen) atoms. The minimum absolute atomic E-state index is 0.367. The molecule has 1 fully saturated rings. The van der Waals surface area contributed by atoms with Gasteiger partial charge in [-0.25, -0.2) is 9.97 Å². The first kappa shape index (κ1) is 18.7. The van der Waals surface area contributed by atoms with Crippen molar-refractivity contribution in [3.63, 3.8) is 0 Å². The van der Waals surface area contributed by atoms with Gasteiger partial charge in [-0.1, -0.05) is 18.2 Å². The molecule has 1 unspecified atom stereocenters. The van der Waals surface area contributed by atoms with E-state index in [-0.39, 0.29) is 0 Å². The van der Waals surface area contributed by atoms with Crippen molar-refractivity contribution >= 4 is 22.5 Å². The molecule has 1 aliphatic rings. The average molecular weight is 396 g/mol. The van der Waals surface area contributed by atoms with E-state index in [9.17, 15) is 0 Å². The molecule has 1 saturated carbocycles. The van der Waals surface area contributed by atoms with Gasteiger partial charge < -0.3 is 10.6 Å². The van der Waals surface area contributed by atoms with Crippen LogP contribution >= 0.6 is 0 Å². The summed E-state index contributed by atoms with van der Waals surface area (Å²) in [6.45, 7) is 3.34. The monoisotopic (exact) mass is 395 g/mol. The molecule has 2 aromatic carbocycles. The summed E-state index contributed by atoms with van der Waals surface area (Å²) in [5, 5.41) is 7.95. The summed E-state index contributed by atoms with van der Waals surface area (Å²) in [6, 6.07) is 19.1. The molecular weight excluding hydrogens is 370 g/mol. The van der Waals surface area contributed by atoms with Gasteiger partial charge in [-0.15, -0.1) is 0 Å². The lowest BCUT2D eigenvalue weighted by atomic mass is 10.1. The summed E-state index contributed by atoms with van der Waals surface area (Å²) in [6.07, 6.45) is 8.23. The molecule has 150 valence electrons. The fraction of sp³-hybridized carbons (Fsp3) is 0.240. The second-order valence-electron chi connectivity index (χ2n) is 8.02. The molecule has 1 aliphatic carbocycles. The maximum Gasteiger partial charge on any atom is 0.227 e. The highest BCUT2D eigenvalue weighted by molar-refractivity contribution is 5.84. The number of aromatic nitrogens is 3. The molecule has 2 N–H and O–H groups in total. The van der Waals surface area contributed by atoms with Gasteiger partial charge in [-0.05, 0) is 85.3 Å². The number of anilines is 2. The Morgan fingerprint density at radius 2 is 1.77 bits per heavy atom. The van der Waals surface area contributed by atoms with Gasteiger partial charge in [-0.2, -0.15) is 0 Å². The average Bonchev–Trinajstić information content (AvgIpc) is 3.63. The van der Waals surface area contributed by atoms with Crippen LogP contribution in [-0.4, -0.2) is 21.5 Å². The highest BCUT2D eigenvalue weighted by atomic mass is 15.1. The maximum absolute atomic E-state index is 4.67. The Morgan fingerprint density at radius 1 is 0.967 bits per heavy atom. The summed E-state index contributed by atoms with van der Waals surface area (Å²) in [7, 11) is 0. The number of fused-ring (bicyclic) bond motifs is 1. The standard InChI is InChI=1S/C25H25N5/c1-17(27-15-18-2-3-18)19-4-7-23(8-5-19)29-25-28-16-22-14-21(6-9-24(22)30-25)20-10-12-26-13-11-20/h4-14,16-18,27H,2-3,15H2,1H3,(H,28,29,30). The van der Waals surface area contributed by atoms with E-state index in [1.807, 2.05) is 24.4 Å². The van der Waals surface area contributed by atoms with Gasteiger partial charge in [-0.3, -0.25) is 4.98 Å². The maximum atomic E-state index is 4.67. The number of nitrogens with one attached hydrogen (secondary N) is 2. The predicted octanol–water partition coefficient (Wildman–Crippen LogP) is 5.50. The second kappa shape index (κ2) is 8.20. The molecule has 0 saturated heterocycles. The van der Waals surface area contributed by atoms with Crippen LogP contribution in [0.4, 0.5) is 11.6 Å². The zero-order valence-electron chi connectivity index (χ0n) is 17.0. The Labute approximate surface area is 176 Å². The van der Waals surface area contributed by atoms with Crippen LogP contribution in [0.15, 0.2) is 73.2 Å². The Bertz CT molecular complexity index is 1140. The van der Waals surface area contributed by atoms with Crippen molar-refractivity contribution < 1.29 is 0 Å². The van der Waals surface area contributed by atoms with E-state index in [1.165, 1.54) is 18.4 Å². The SMILES string of the molecule is CC(NCC1CC1)c1ccc(Nc2ncc3cc(-c4ccncc4)ccc3n2)cc1. The molecule has 0 amide bonds. The van der Waals surface area contributed by atoms with Crippen molar-refractivity contribution in [1.82, 2.24) is 20.3 Å². The molecule has 5 rings (SSSR count). The van der Waals surface area contributed by atoms with Gasteiger partial charge in [0.05, 0.1) is 5.52 Å². The Morgan fingerprint density at radius 3 is 2.53 bits per heavy atom. The van der Waals surface area contributed by atoms with Crippen molar-refractivity contribution in [2.24, 2.45) is 5.92 Å². The smallest absolute Gasteiger partial charge is 0.227 e. The van der Waals surface area contributed by atoms with Crippen LogP contribution in [0.3, 0.4) is 0 Å². The van der Waals surface area contributed by atoms with Crippen LogP contribution in [0, 0.1) is 5.92 Å². The van der Waals surface area contributed by atoms with Crippen molar-refractivity contribution in [2.75, 3.05) is 11.9 Å². The zero-order chi connectivity index (χ0) is 20.3. The number of hydrogen-bond acceptors (Lipinski definition) is 5. The third-order valence-electron chi connectivity index (χ3n) is 5.67. The Hall–Kier alpha value is -3.31. The van der Waals surface area contributed by atoms with Crippen LogP contribution in [0.1, 0.15) is 31.4 Å². The molecule has 5 heteroatoms. The van der Waals surface area contributed by atoms with E-state index < -0.39 is 0 Å². The van der Waals surface area contributed by atoms with Crippen molar-refractivity contribution in [3.05, 3.63) is 78.8 Å². The molecule has 1 atom stereocenters. The van der Waals surface area contributed by atoms with Crippen molar-refractivity contribution in [1.29, 1.82) is 0 Å². The summed E-state index contributed by atoms with van der Waals surface area (Å²) in [4.78, 5) is 13.3. The molecule has 5 nitrogen and oxygen atoms in total. The van der Waals surface area contributed by atoms with Crippen LogP contribution in [0.2, 0.25) is 0 Å². The van der Waals surface area contributed by atoms with E-state index in [0.717, 1.165) is 40.2 Å². The first-order valence-corrected chi connectivity index (χ1v) is 10.5. The molecule has 4 aromatic rings. The summed E-state index contributed by atoms with van der Waals surface area (Å²) in [5.41, 5.74) is 5.47. The minimum Gasteiger partial charge on any atom is -0.324 e. The lowest BCUT2D eigenvalue weighted by molar-refractivity contribution is 0.549. The molecule has 2 aromatic heterocycles. The van der Waals surface area contributed by atoms with E-state index in [0.29, 0.717) is 12.0 Å². The molecule has 0 spiro atoms. The molecule has 2 heterocycles. The van der Waals surface area contributed by atoms with Gasteiger partial charge >= 0.3 is 0 Å². The van der Waals surface area contributed by atoms with E-state index in [2.05, 4.69) is 68.9 Å². The van der Waals surface area contributed by atoms with E-state index in [4.69, 9.17) is 0 Å². The fourth-order valence-corrected chi connectivity index (χ4v) is 3.59. The number of rotatable bonds is 7. The quantitative estimate of drug-likeness (QED) is 0.433. The molecular formula is C25H25N5. The first-order chi connectivity index (χ1) is 14.7. The zero-order valence-corrected chi connectivity index (χ0v) is 17.0. The number of hydrogen-bond donors (Lipinski definition) is 2. The van der Waals surface area contributed by atoms with Gasteiger partial charge in [0.1, 0.15) is 0 Å². The highest BCUT2D eigenvalue weighted by Crippen LogP contribution is 2.29.